The molecule has 2 aromatic heterocycles. The minimum absolute atomic E-state index is 0.193. The molecular weight excluding hydrogens is 332 g/mol. The summed E-state index contributed by atoms with van der Waals surface area (Å²) in [6.07, 6.45) is 2.46. The number of hydrogen-bond acceptors (Lipinski definition) is 6. The van der Waals surface area contributed by atoms with Crippen LogP contribution in [0.15, 0.2) is 29.6 Å². The normalized spacial score (nSPS) is 25.2. The fraction of sp³-hybridized carbons (Fsp3) is 0.579. The van der Waals surface area contributed by atoms with E-state index in [0.29, 0.717) is 0 Å². The van der Waals surface area contributed by atoms with Gasteiger partial charge in [-0.25, -0.2) is 0 Å². The third-order valence-corrected chi connectivity index (χ3v) is 6.11. The highest BCUT2D eigenvalue weighted by atomic mass is 32.1. The van der Waals surface area contributed by atoms with E-state index in [9.17, 15) is 0 Å². The first-order valence-electron chi connectivity index (χ1n) is 9.10. The SMILES string of the molecule is Cc1ccc(N2CCOC[C@]3(CCCN(Cc4cccs4)C3)C2)nn1. The highest BCUT2D eigenvalue weighted by molar-refractivity contribution is 7.09. The molecule has 1 atom stereocenters. The Kier molecular flexibility index (Phi) is 5.01. The second kappa shape index (κ2) is 7.40. The molecule has 0 bridgehead atoms. The summed E-state index contributed by atoms with van der Waals surface area (Å²) in [5.74, 6) is 0.978. The zero-order chi connectivity index (χ0) is 17.1. The van der Waals surface area contributed by atoms with E-state index >= 15 is 0 Å². The molecular formula is C19H26N4OS. The van der Waals surface area contributed by atoms with Crippen LogP contribution in [0.25, 0.3) is 0 Å². The van der Waals surface area contributed by atoms with E-state index < -0.39 is 0 Å². The van der Waals surface area contributed by atoms with Crippen molar-refractivity contribution in [2.75, 3.05) is 44.3 Å². The number of piperidine rings is 1. The molecule has 0 unspecified atom stereocenters. The molecule has 25 heavy (non-hydrogen) atoms. The number of hydrogen-bond donors (Lipinski definition) is 0. The molecule has 5 nitrogen and oxygen atoms in total. The number of anilines is 1. The molecule has 2 aromatic rings. The highest BCUT2D eigenvalue weighted by Gasteiger charge is 2.39. The molecule has 2 aliphatic heterocycles. The summed E-state index contributed by atoms with van der Waals surface area (Å²) in [5.41, 5.74) is 1.16. The van der Waals surface area contributed by atoms with Crippen LogP contribution in [0.2, 0.25) is 0 Å². The van der Waals surface area contributed by atoms with E-state index in [1.165, 1.54) is 24.3 Å². The first-order valence-corrected chi connectivity index (χ1v) is 9.98. The average Bonchev–Trinajstić information content (AvgIpc) is 3.04. The van der Waals surface area contributed by atoms with Crippen LogP contribution in [0.5, 0.6) is 0 Å². The lowest BCUT2D eigenvalue weighted by atomic mass is 9.80. The first-order chi connectivity index (χ1) is 12.2. The number of nitrogens with zero attached hydrogens (tertiary/aromatic N) is 4. The van der Waals surface area contributed by atoms with Crippen molar-refractivity contribution in [2.24, 2.45) is 5.41 Å². The van der Waals surface area contributed by atoms with Crippen LogP contribution in [0.1, 0.15) is 23.4 Å². The van der Waals surface area contributed by atoms with Gasteiger partial charge in [0.1, 0.15) is 0 Å². The van der Waals surface area contributed by atoms with Gasteiger partial charge in [0.15, 0.2) is 5.82 Å². The summed E-state index contributed by atoms with van der Waals surface area (Å²) in [6.45, 7) is 8.84. The lowest BCUT2D eigenvalue weighted by Crippen LogP contribution is -2.50. The van der Waals surface area contributed by atoms with Gasteiger partial charge in [-0.2, -0.15) is 5.10 Å². The second-order valence-corrected chi connectivity index (χ2v) is 8.43. The van der Waals surface area contributed by atoms with Crippen LogP contribution >= 0.6 is 11.3 Å². The number of ether oxygens (including phenoxy) is 1. The maximum Gasteiger partial charge on any atom is 0.151 e. The van der Waals surface area contributed by atoms with Crippen LogP contribution in [0.3, 0.4) is 0 Å². The molecule has 0 N–H and O–H groups in total. The Morgan fingerprint density at radius 1 is 1.20 bits per heavy atom. The fourth-order valence-corrected chi connectivity index (χ4v) is 4.81. The Labute approximate surface area is 153 Å². The molecule has 4 rings (SSSR count). The van der Waals surface area contributed by atoms with Gasteiger partial charge in [0.2, 0.25) is 0 Å². The van der Waals surface area contributed by atoms with Gasteiger partial charge in [0, 0.05) is 36.5 Å². The molecule has 4 heterocycles. The summed E-state index contributed by atoms with van der Waals surface area (Å²) >= 11 is 1.85. The van der Waals surface area contributed by atoms with Gasteiger partial charge in [-0.3, -0.25) is 4.90 Å². The topological polar surface area (TPSA) is 41.5 Å². The van der Waals surface area contributed by atoms with E-state index in [-0.39, 0.29) is 5.41 Å². The maximum absolute atomic E-state index is 6.03. The van der Waals surface area contributed by atoms with Crippen molar-refractivity contribution in [1.82, 2.24) is 15.1 Å². The minimum atomic E-state index is 0.193. The zero-order valence-electron chi connectivity index (χ0n) is 14.9. The van der Waals surface area contributed by atoms with Gasteiger partial charge in [0.25, 0.3) is 0 Å². The van der Waals surface area contributed by atoms with Crippen molar-refractivity contribution in [2.45, 2.75) is 26.3 Å². The standard InChI is InChI=1S/C19H26N4OS/c1-16-5-6-18(21-20-16)23-9-10-24-15-19(14-23)7-3-8-22(13-19)12-17-4-2-11-25-17/h2,4-6,11H,3,7-10,12-15H2,1H3/t19-/m0/s1. The molecule has 1 spiro atoms. The molecule has 134 valence electrons. The third kappa shape index (κ3) is 4.02. The van der Waals surface area contributed by atoms with E-state index in [2.05, 4.69) is 43.6 Å². The Hall–Kier alpha value is -1.50. The summed E-state index contributed by atoms with van der Waals surface area (Å²) < 4.78 is 6.03. The van der Waals surface area contributed by atoms with Gasteiger partial charge in [-0.15, -0.1) is 16.4 Å². The van der Waals surface area contributed by atoms with E-state index in [1.807, 2.05) is 24.3 Å². The number of rotatable bonds is 3. The Bertz CT molecular complexity index is 675. The zero-order valence-corrected chi connectivity index (χ0v) is 15.7. The van der Waals surface area contributed by atoms with Gasteiger partial charge in [-0.05, 0) is 49.9 Å². The number of thiophene rings is 1. The van der Waals surface area contributed by atoms with Crippen molar-refractivity contribution in [3.8, 4) is 0 Å². The van der Waals surface area contributed by atoms with Crippen molar-refractivity contribution in [3.05, 3.63) is 40.2 Å². The van der Waals surface area contributed by atoms with Crippen molar-refractivity contribution < 1.29 is 4.74 Å². The van der Waals surface area contributed by atoms with Crippen LogP contribution in [0, 0.1) is 12.3 Å². The van der Waals surface area contributed by atoms with Gasteiger partial charge in [0.05, 0.1) is 18.9 Å². The van der Waals surface area contributed by atoms with E-state index in [0.717, 1.165) is 50.9 Å². The van der Waals surface area contributed by atoms with Crippen molar-refractivity contribution >= 4 is 17.2 Å². The molecule has 0 saturated carbocycles. The van der Waals surface area contributed by atoms with Crippen LogP contribution in [-0.4, -0.2) is 54.5 Å². The number of likely N-dealkylation sites (tertiary alicyclic amines) is 1. The minimum Gasteiger partial charge on any atom is -0.379 e. The van der Waals surface area contributed by atoms with Crippen molar-refractivity contribution in [3.63, 3.8) is 0 Å². The average molecular weight is 359 g/mol. The van der Waals surface area contributed by atoms with Crippen molar-refractivity contribution in [1.29, 1.82) is 0 Å². The maximum atomic E-state index is 6.03. The molecule has 2 saturated heterocycles. The molecule has 2 aliphatic rings. The van der Waals surface area contributed by atoms with Crippen LogP contribution in [0.4, 0.5) is 5.82 Å². The molecule has 0 amide bonds. The number of aromatic nitrogens is 2. The van der Waals surface area contributed by atoms with E-state index in [1.54, 1.807) is 0 Å². The quantitative estimate of drug-likeness (QED) is 0.844. The largest absolute Gasteiger partial charge is 0.379 e. The van der Waals surface area contributed by atoms with Crippen LogP contribution in [-0.2, 0) is 11.3 Å². The number of aryl methyl sites for hydroxylation is 1. The van der Waals surface area contributed by atoms with E-state index in [4.69, 9.17) is 4.74 Å². The highest BCUT2D eigenvalue weighted by Crippen LogP contribution is 2.35. The fourth-order valence-electron chi connectivity index (χ4n) is 4.06. The molecule has 0 aliphatic carbocycles. The summed E-state index contributed by atoms with van der Waals surface area (Å²) in [4.78, 5) is 6.42. The summed E-state index contributed by atoms with van der Waals surface area (Å²) in [7, 11) is 0. The van der Waals surface area contributed by atoms with Gasteiger partial charge in [-0.1, -0.05) is 6.07 Å². The Morgan fingerprint density at radius 2 is 2.16 bits per heavy atom. The lowest BCUT2D eigenvalue weighted by molar-refractivity contribution is 0.0109. The van der Waals surface area contributed by atoms with Gasteiger partial charge >= 0.3 is 0 Å². The smallest absolute Gasteiger partial charge is 0.151 e. The predicted octanol–water partition coefficient (Wildman–Crippen LogP) is 2.97. The molecule has 6 heteroatoms. The monoisotopic (exact) mass is 358 g/mol. The molecule has 0 aromatic carbocycles. The summed E-state index contributed by atoms with van der Waals surface area (Å²) in [5, 5.41) is 10.8. The van der Waals surface area contributed by atoms with Crippen LogP contribution < -0.4 is 4.90 Å². The summed E-state index contributed by atoms with van der Waals surface area (Å²) in [6, 6.07) is 8.52. The third-order valence-electron chi connectivity index (χ3n) is 5.25. The van der Waals surface area contributed by atoms with Gasteiger partial charge < -0.3 is 9.64 Å². The predicted molar refractivity (Wildman–Crippen MR) is 101 cm³/mol. The molecule has 2 fully saturated rings. The Morgan fingerprint density at radius 3 is 2.96 bits per heavy atom. The lowest BCUT2D eigenvalue weighted by Gasteiger charge is -2.43. The molecule has 0 radical (unpaired) electrons. The second-order valence-electron chi connectivity index (χ2n) is 7.40. The first kappa shape index (κ1) is 16.9. The Balaban J connectivity index is 1.49.